The fourth-order valence-corrected chi connectivity index (χ4v) is 1.41. The molecule has 0 saturated carbocycles. The zero-order valence-corrected chi connectivity index (χ0v) is 7.49. The van der Waals surface area contributed by atoms with Gasteiger partial charge in [0.15, 0.2) is 5.00 Å². The van der Waals surface area contributed by atoms with Crippen molar-refractivity contribution in [2.75, 3.05) is 26.6 Å². The number of anilines is 1. The van der Waals surface area contributed by atoms with Crippen LogP contribution >= 0.6 is 11.5 Å². The Kier molecular flexibility index (Phi) is 2.53. The molecule has 0 aliphatic rings. The molecule has 0 saturated heterocycles. The maximum absolute atomic E-state index is 5.06. The Morgan fingerprint density at radius 2 is 2.09 bits per heavy atom. The predicted octanol–water partition coefficient (Wildman–Crippen LogP) is 1.20. The van der Waals surface area contributed by atoms with Gasteiger partial charge < -0.3 is 14.8 Å². The molecular formula is C6H10N2O2S. The summed E-state index contributed by atoms with van der Waals surface area (Å²) in [5.74, 6) is 1.20. The molecule has 0 bridgehead atoms. The summed E-state index contributed by atoms with van der Waals surface area (Å²) in [5, 5.41) is 3.83. The summed E-state index contributed by atoms with van der Waals surface area (Å²) in [6.45, 7) is 0. The van der Waals surface area contributed by atoms with Gasteiger partial charge in [-0.1, -0.05) is 0 Å². The first-order valence-electron chi connectivity index (χ1n) is 3.09. The quantitative estimate of drug-likeness (QED) is 0.747. The third-order valence-corrected chi connectivity index (χ3v) is 2.07. The van der Waals surface area contributed by atoms with Crippen LogP contribution in [0.5, 0.6) is 11.6 Å². The molecule has 0 aliphatic heterocycles. The maximum atomic E-state index is 5.06. The van der Waals surface area contributed by atoms with Gasteiger partial charge in [-0.05, 0) is 11.5 Å². The van der Waals surface area contributed by atoms with E-state index in [-0.39, 0.29) is 0 Å². The molecule has 62 valence electrons. The van der Waals surface area contributed by atoms with Gasteiger partial charge in [0.25, 0.3) is 5.88 Å². The molecule has 5 heteroatoms. The van der Waals surface area contributed by atoms with Crippen LogP contribution in [-0.2, 0) is 0 Å². The molecule has 4 nitrogen and oxygen atoms in total. The Balaban J connectivity index is 2.99. The van der Waals surface area contributed by atoms with Crippen molar-refractivity contribution in [1.29, 1.82) is 0 Å². The summed E-state index contributed by atoms with van der Waals surface area (Å²) in [6.07, 6.45) is 0. The Bertz CT molecular complexity index is 215. The number of hydrogen-bond donors (Lipinski definition) is 1. The van der Waals surface area contributed by atoms with Crippen molar-refractivity contribution in [3.05, 3.63) is 0 Å². The minimum atomic E-state index is 0.529. The topological polar surface area (TPSA) is 43.4 Å². The van der Waals surface area contributed by atoms with Crippen molar-refractivity contribution >= 4 is 16.5 Å². The number of nitrogens with zero attached hydrogens (tertiary/aromatic N) is 1. The van der Waals surface area contributed by atoms with Crippen LogP contribution in [-0.4, -0.2) is 25.6 Å². The highest BCUT2D eigenvalue weighted by Gasteiger charge is 2.12. The first-order valence-corrected chi connectivity index (χ1v) is 3.86. The van der Waals surface area contributed by atoms with Gasteiger partial charge in [-0.2, -0.15) is 4.37 Å². The number of hydrogen-bond acceptors (Lipinski definition) is 5. The highest BCUT2D eigenvalue weighted by molar-refractivity contribution is 7.10. The summed E-state index contributed by atoms with van der Waals surface area (Å²) in [7, 11) is 4.97. The van der Waals surface area contributed by atoms with E-state index in [0.717, 1.165) is 5.00 Å². The molecule has 0 amide bonds. The van der Waals surface area contributed by atoms with Crippen LogP contribution in [0.2, 0.25) is 0 Å². The maximum Gasteiger partial charge on any atom is 0.270 e. The molecule has 0 radical (unpaired) electrons. The average molecular weight is 174 g/mol. The second kappa shape index (κ2) is 3.43. The molecule has 0 fully saturated rings. The van der Waals surface area contributed by atoms with E-state index in [1.807, 2.05) is 7.05 Å². The van der Waals surface area contributed by atoms with Crippen LogP contribution in [0.3, 0.4) is 0 Å². The van der Waals surface area contributed by atoms with Crippen LogP contribution in [0.4, 0.5) is 5.00 Å². The molecule has 0 spiro atoms. The molecule has 1 aromatic rings. The van der Waals surface area contributed by atoms with Crippen molar-refractivity contribution in [2.45, 2.75) is 0 Å². The van der Waals surface area contributed by atoms with E-state index in [1.165, 1.54) is 11.5 Å². The standard InChI is InChI=1S/C6H10N2O2S/c1-7-6-4(9-2)5(10-3)8-11-6/h7H,1-3H3. The van der Waals surface area contributed by atoms with Gasteiger partial charge in [0.1, 0.15) is 0 Å². The summed E-state index contributed by atoms with van der Waals surface area (Å²) in [6, 6.07) is 0. The number of methoxy groups -OCH3 is 2. The molecule has 1 aromatic heterocycles. The van der Waals surface area contributed by atoms with E-state index in [4.69, 9.17) is 9.47 Å². The first kappa shape index (κ1) is 8.13. The van der Waals surface area contributed by atoms with Crippen LogP contribution in [0, 0.1) is 0 Å². The minimum absolute atomic E-state index is 0.529. The van der Waals surface area contributed by atoms with Crippen molar-refractivity contribution in [2.24, 2.45) is 0 Å². The number of nitrogens with one attached hydrogen (secondary N) is 1. The number of ether oxygens (including phenoxy) is 2. The van der Waals surface area contributed by atoms with Gasteiger partial charge in [0, 0.05) is 7.05 Å². The van der Waals surface area contributed by atoms with E-state index in [1.54, 1.807) is 14.2 Å². The summed E-state index contributed by atoms with van der Waals surface area (Å²) in [5.41, 5.74) is 0. The Labute approximate surface area is 69.3 Å². The normalized spacial score (nSPS) is 9.36. The molecule has 0 unspecified atom stereocenters. The third kappa shape index (κ3) is 1.37. The second-order valence-corrected chi connectivity index (χ2v) is 2.58. The zero-order valence-electron chi connectivity index (χ0n) is 6.67. The van der Waals surface area contributed by atoms with Gasteiger partial charge in [-0.25, -0.2) is 0 Å². The SMILES string of the molecule is CNc1snc(OC)c1OC. The van der Waals surface area contributed by atoms with E-state index < -0.39 is 0 Å². The molecule has 1 rings (SSSR count). The Hall–Kier alpha value is -0.970. The van der Waals surface area contributed by atoms with E-state index in [9.17, 15) is 0 Å². The largest absolute Gasteiger partial charge is 0.489 e. The molecule has 0 aliphatic carbocycles. The molecule has 0 atom stereocenters. The lowest BCUT2D eigenvalue weighted by Crippen LogP contribution is -1.91. The molecular weight excluding hydrogens is 164 g/mol. The molecule has 1 heterocycles. The zero-order chi connectivity index (χ0) is 8.27. The van der Waals surface area contributed by atoms with Gasteiger partial charge >= 0.3 is 0 Å². The van der Waals surface area contributed by atoms with E-state index >= 15 is 0 Å². The smallest absolute Gasteiger partial charge is 0.270 e. The molecule has 1 N–H and O–H groups in total. The Morgan fingerprint density at radius 1 is 1.36 bits per heavy atom. The van der Waals surface area contributed by atoms with Gasteiger partial charge in [-0.15, -0.1) is 0 Å². The van der Waals surface area contributed by atoms with Crippen molar-refractivity contribution in [3.8, 4) is 11.6 Å². The Morgan fingerprint density at radius 3 is 2.55 bits per heavy atom. The highest BCUT2D eigenvalue weighted by atomic mass is 32.1. The van der Waals surface area contributed by atoms with Crippen LogP contribution in [0.1, 0.15) is 0 Å². The summed E-state index contributed by atoms with van der Waals surface area (Å²) in [4.78, 5) is 0. The summed E-state index contributed by atoms with van der Waals surface area (Å²) >= 11 is 1.31. The van der Waals surface area contributed by atoms with Crippen LogP contribution in [0.15, 0.2) is 0 Å². The number of rotatable bonds is 3. The third-order valence-electron chi connectivity index (χ3n) is 1.24. The van der Waals surface area contributed by atoms with Crippen molar-refractivity contribution < 1.29 is 9.47 Å². The predicted molar refractivity (Wildman–Crippen MR) is 44.8 cm³/mol. The van der Waals surface area contributed by atoms with Gasteiger partial charge in [0.2, 0.25) is 5.75 Å². The van der Waals surface area contributed by atoms with Gasteiger partial charge in [-0.3, -0.25) is 0 Å². The lowest BCUT2D eigenvalue weighted by molar-refractivity contribution is 0.350. The molecule has 11 heavy (non-hydrogen) atoms. The first-order chi connectivity index (χ1) is 5.33. The fraction of sp³-hybridized carbons (Fsp3) is 0.500. The van der Waals surface area contributed by atoms with Crippen molar-refractivity contribution in [1.82, 2.24) is 4.37 Å². The van der Waals surface area contributed by atoms with E-state index in [2.05, 4.69) is 9.69 Å². The second-order valence-electron chi connectivity index (χ2n) is 1.80. The fourth-order valence-electron chi connectivity index (χ4n) is 0.736. The minimum Gasteiger partial charge on any atom is -0.489 e. The monoisotopic (exact) mass is 174 g/mol. The van der Waals surface area contributed by atoms with E-state index in [0.29, 0.717) is 11.6 Å². The highest BCUT2D eigenvalue weighted by Crippen LogP contribution is 2.37. The number of aromatic nitrogens is 1. The van der Waals surface area contributed by atoms with Crippen LogP contribution in [0.25, 0.3) is 0 Å². The van der Waals surface area contributed by atoms with Crippen LogP contribution < -0.4 is 14.8 Å². The van der Waals surface area contributed by atoms with Crippen molar-refractivity contribution in [3.63, 3.8) is 0 Å². The lowest BCUT2D eigenvalue weighted by atomic mass is 10.6. The average Bonchev–Trinajstić information content (AvgIpc) is 2.45. The lowest BCUT2D eigenvalue weighted by Gasteiger charge is -2.01. The van der Waals surface area contributed by atoms with Gasteiger partial charge in [0.05, 0.1) is 14.2 Å². The molecule has 0 aromatic carbocycles. The summed E-state index contributed by atoms with van der Waals surface area (Å²) < 4.78 is 14.0.